The number of hydrogen-bond donors (Lipinski definition) is 0. The molecule has 1 fully saturated rings. The first-order valence-electron chi connectivity index (χ1n) is 6.74. The van der Waals surface area contributed by atoms with Gasteiger partial charge in [0.15, 0.2) is 0 Å². The van der Waals surface area contributed by atoms with Gasteiger partial charge in [0.2, 0.25) is 0 Å². The standard InChI is InChI=1S/C13H17N3O2S2/c1-8-11(20-9(2)14-8)12-15-16-13(18-12)19-7-10-5-3-4-6-17-10/h10H,3-7H2,1-2H3/t10-/m1/s1. The number of hydrogen-bond acceptors (Lipinski definition) is 7. The summed E-state index contributed by atoms with van der Waals surface area (Å²) in [6.45, 7) is 4.82. The van der Waals surface area contributed by atoms with Gasteiger partial charge < -0.3 is 9.15 Å². The van der Waals surface area contributed by atoms with E-state index in [1.807, 2.05) is 13.8 Å². The Morgan fingerprint density at radius 1 is 1.30 bits per heavy atom. The van der Waals surface area contributed by atoms with Gasteiger partial charge in [-0.25, -0.2) is 4.98 Å². The summed E-state index contributed by atoms with van der Waals surface area (Å²) in [4.78, 5) is 5.35. The first-order valence-corrected chi connectivity index (χ1v) is 8.55. The van der Waals surface area contributed by atoms with Crippen molar-refractivity contribution in [2.75, 3.05) is 12.4 Å². The lowest BCUT2D eigenvalue weighted by atomic mass is 10.1. The van der Waals surface area contributed by atoms with Crippen molar-refractivity contribution in [2.24, 2.45) is 0 Å². The number of nitrogens with zero attached hydrogens (tertiary/aromatic N) is 3. The van der Waals surface area contributed by atoms with Crippen LogP contribution < -0.4 is 0 Å². The number of aromatic nitrogens is 3. The average Bonchev–Trinajstić information content (AvgIpc) is 3.04. The number of rotatable bonds is 4. The van der Waals surface area contributed by atoms with Crippen molar-refractivity contribution in [3.05, 3.63) is 10.7 Å². The first-order chi connectivity index (χ1) is 9.72. The average molecular weight is 311 g/mol. The van der Waals surface area contributed by atoms with Crippen LogP contribution in [0.1, 0.15) is 30.0 Å². The minimum absolute atomic E-state index is 0.316. The van der Waals surface area contributed by atoms with Crippen molar-refractivity contribution in [3.8, 4) is 10.8 Å². The van der Waals surface area contributed by atoms with Gasteiger partial charge in [-0.15, -0.1) is 21.5 Å². The minimum atomic E-state index is 0.316. The highest BCUT2D eigenvalue weighted by atomic mass is 32.2. The molecule has 20 heavy (non-hydrogen) atoms. The smallest absolute Gasteiger partial charge is 0.276 e. The van der Waals surface area contributed by atoms with E-state index in [0.29, 0.717) is 17.2 Å². The normalized spacial score (nSPS) is 19.4. The molecular weight excluding hydrogens is 294 g/mol. The Bertz CT molecular complexity index is 576. The fraction of sp³-hybridized carbons (Fsp3) is 0.615. The summed E-state index contributed by atoms with van der Waals surface area (Å²) in [5, 5.41) is 9.84. The Hall–Kier alpha value is -0.920. The van der Waals surface area contributed by atoms with Gasteiger partial charge in [-0.2, -0.15) is 0 Å². The summed E-state index contributed by atoms with van der Waals surface area (Å²) in [5.41, 5.74) is 0.948. The van der Waals surface area contributed by atoms with Gasteiger partial charge in [0.1, 0.15) is 4.88 Å². The molecular formula is C13H17N3O2S2. The second-order valence-electron chi connectivity index (χ2n) is 4.82. The van der Waals surface area contributed by atoms with E-state index in [4.69, 9.17) is 9.15 Å². The van der Waals surface area contributed by atoms with Gasteiger partial charge in [0.05, 0.1) is 16.8 Å². The van der Waals surface area contributed by atoms with Crippen LogP contribution in [0.2, 0.25) is 0 Å². The maximum atomic E-state index is 5.71. The van der Waals surface area contributed by atoms with Crippen LogP contribution in [0, 0.1) is 13.8 Å². The molecule has 1 atom stereocenters. The van der Waals surface area contributed by atoms with E-state index < -0.39 is 0 Å². The topological polar surface area (TPSA) is 61.0 Å². The lowest BCUT2D eigenvalue weighted by Crippen LogP contribution is -2.21. The fourth-order valence-corrected chi connectivity index (χ4v) is 3.86. The van der Waals surface area contributed by atoms with Crippen molar-refractivity contribution in [3.63, 3.8) is 0 Å². The summed E-state index contributed by atoms with van der Waals surface area (Å²) >= 11 is 3.16. The van der Waals surface area contributed by atoms with E-state index >= 15 is 0 Å². The molecule has 0 bridgehead atoms. The third-order valence-corrected chi connectivity index (χ3v) is 5.18. The molecule has 0 radical (unpaired) electrons. The fourth-order valence-electron chi connectivity index (χ4n) is 2.19. The highest BCUT2D eigenvalue weighted by Crippen LogP contribution is 2.31. The van der Waals surface area contributed by atoms with Crippen molar-refractivity contribution >= 4 is 23.1 Å². The molecule has 0 amide bonds. The zero-order valence-corrected chi connectivity index (χ0v) is 13.2. The molecule has 1 aliphatic heterocycles. The van der Waals surface area contributed by atoms with Gasteiger partial charge in [-0.3, -0.25) is 0 Å². The van der Waals surface area contributed by atoms with Crippen LogP contribution in [0.25, 0.3) is 10.8 Å². The van der Waals surface area contributed by atoms with E-state index in [2.05, 4.69) is 15.2 Å². The van der Waals surface area contributed by atoms with Crippen LogP contribution in [0.15, 0.2) is 9.64 Å². The summed E-state index contributed by atoms with van der Waals surface area (Å²) in [5.74, 6) is 1.45. The monoisotopic (exact) mass is 311 g/mol. The summed E-state index contributed by atoms with van der Waals surface area (Å²) in [7, 11) is 0. The van der Waals surface area contributed by atoms with E-state index in [0.717, 1.165) is 34.4 Å². The Kier molecular flexibility index (Phi) is 4.38. The molecule has 0 aliphatic carbocycles. The third-order valence-electron chi connectivity index (χ3n) is 3.17. The van der Waals surface area contributed by atoms with Crippen molar-refractivity contribution in [2.45, 2.75) is 44.4 Å². The Balaban J connectivity index is 1.63. The Morgan fingerprint density at radius 3 is 2.90 bits per heavy atom. The van der Waals surface area contributed by atoms with Gasteiger partial charge >= 0.3 is 0 Å². The molecule has 2 aromatic rings. The largest absolute Gasteiger partial charge is 0.410 e. The predicted molar refractivity (Wildman–Crippen MR) is 79.2 cm³/mol. The molecule has 2 aromatic heterocycles. The Morgan fingerprint density at radius 2 is 2.20 bits per heavy atom. The molecule has 1 saturated heterocycles. The van der Waals surface area contributed by atoms with Crippen molar-refractivity contribution in [1.29, 1.82) is 0 Å². The van der Waals surface area contributed by atoms with Crippen molar-refractivity contribution in [1.82, 2.24) is 15.2 Å². The predicted octanol–water partition coefficient (Wildman–Crippen LogP) is 3.47. The van der Waals surface area contributed by atoms with E-state index in [1.54, 1.807) is 23.1 Å². The summed E-state index contributed by atoms with van der Waals surface area (Å²) < 4.78 is 11.4. The SMILES string of the molecule is Cc1nc(C)c(-c2nnc(SC[C@H]3CCCCO3)o2)s1. The Labute approximate surface area is 126 Å². The van der Waals surface area contributed by atoms with Crippen LogP contribution in [0.3, 0.4) is 0 Å². The van der Waals surface area contributed by atoms with Gasteiger partial charge in [-0.1, -0.05) is 11.8 Å². The summed E-state index contributed by atoms with van der Waals surface area (Å²) in [6.07, 6.45) is 3.87. The maximum absolute atomic E-state index is 5.71. The molecule has 7 heteroatoms. The van der Waals surface area contributed by atoms with E-state index in [9.17, 15) is 0 Å². The lowest BCUT2D eigenvalue weighted by Gasteiger charge is -2.21. The van der Waals surface area contributed by atoms with Crippen LogP contribution in [-0.4, -0.2) is 33.6 Å². The molecule has 1 aliphatic rings. The van der Waals surface area contributed by atoms with Crippen molar-refractivity contribution < 1.29 is 9.15 Å². The van der Waals surface area contributed by atoms with Gasteiger partial charge in [0, 0.05) is 12.4 Å². The quantitative estimate of drug-likeness (QED) is 0.806. The maximum Gasteiger partial charge on any atom is 0.276 e. The second-order valence-corrected chi connectivity index (χ2v) is 6.99. The number of ether oxygens (including phenoxy) is 1. The zero-order valence-electron chi connectivity index (χ0n) is 11.6. The third kappa shape index (κ3) is 3.21. The highest BCUT2D eigenvalue weighted by molar-refractivity contribution is 7.99. The van der Waals surface area contributed by atoms with Crippen LogP contribution >= 0.6 is 23.1 Å². The zero-order chi connectivity index (χ0) is 13.9. The van der Waals surface area contributed by atoms with E-state index in [-0.39, 0.29) is 0 Å². The number of thioether (sulfide) groups is 1. The molecule has 108 valence electrons. The van der Waals surface area contributed by atoms with Gasteiger partial charge in [0.25, 0.3) is 11.1 Å². The number of aryl methyl sites for hydroxylation is 2. The highest BCUT2D eigenvalue weighted by Gasteiger charge is 2.18. The summed E-state index contributed by atoms with van der Waals surface area (Å²) in [6, 6.07) is 0. The number of thiazole rings is 1. The van der Waals surface area contributed by atoms with Crippen LogP contribution in [-0.2, 0) is 4.74 Å². The molecule has 0 unspecified atom stereocenters. The molecule has 3 heterocycles. The molecule has 5 nitrogen and oxygen atoms in total. The first kappa shape index (κ1) is 14.0. The van der Waals surface area contributed by atoms with Gasteiger partial charge in [-0.05, 0) is 33.1 Å². The molecule has 0 spiro atoms. The lowest BCUT2D eigenvalue weighted by molar-refractivity contribution is 0.0314. The van der Waals surface area contributed by atoms with Crippen LogP contribution in [0.4, 0.5) is 0 Å². The molecule has 3 rings (SSSR count). The molecule has 0 aromatic carbocycles. The second kappa shape index (κ2) is 6.24. The minimum Gasteiger partial charge on any atom is -0.410 e. The molecule has 0 N–H and O–H groups in total. The van der Waals surface area contributed by atoms with Crippen LogP contribution in [0.5, 0.6) is 0 Å². The van der Waals surface area contributed by atoms with E-state index in [1.165, 1.54) is 12.8 Å². The molecule has 0 saturated carbocycles.